The van der Waals surface area contributed by atoms with Crippen LogP contribution < -0.4 is 5.32 Å². The molecule has 1 rings (SSSR count). The molecule has 0 unspecified atom stereocenters. The van der Waals surface area contributed by atoms with Gasteiger partial charge in [-0.1, -0.05) is 0 Å². The lowest BCUT2D eigenvalue weighted by Crippen LogP contribution is -2.08. The Morgan fingerprint density at radius 1 is 1.45 bits per heavy atom. The monoisotopic (exact) mass is 150 g/mol. The topological polar surface area (TPSA) is 37.8 Å². The van der Waals surface area contributed by atoms with Gasteiger partial charge in [0.2, 0.25) is 0 Å². The molecule has 0 spiro atoms. The molecule has 3 heteroatoms. The highest BCUT2D eigenvalue weighted by Crippen LogP contribution is 1.92. The van der Waals surface area contributed by atoms with E-state index in [1.54, 1.807) is 12.4 Å². The van der Waals surface area contributed by atoms with Crippen LogP contribution in [-0.4, -0.2) is 9.97 Å². The Kier molecular flexibility index (Phi) is 2.98. The fourth-order valence-corrected chi connectivity index (χ4v) is 0.717. The third-order valence-electron chi connectivity index (χ3n) is 1.32. The molecule has 3 nitrogen and oxygen atoms in total. The number of aromatic nitrogens is 2. The van der Waals surface area contributed by atoms with Gasteiger partial charge >= 0.3 is 0 Å². The Bertz CT molecular complexity index is 205. The van der Waals surface area contributed by atoms with E-state index in [1.807, 2.05) is 20.4 Å². The Morgan fingerprint density at radius 3 is 2.82 bits per heavy atom. The molecule has 0 fully saturated rings. The summed E-state index contributed by atoms with van der Waals surface area (Å²) < 4.78 is 0. The Balaban J connectivity index is 2.52. The van der Waals surface area contributed by atoms with Crippen LogP contribution in [0.3, 0.4) is 0 Å². The molecule has 0 aliphatic carbocycles. The van der Waals surface area contributed by atoms with Gasteiger partial charge in [-0.2, -0.15) is 0 Å². The summed E-state index contributed by atoms with van der Waals surface area (Å²) in [7, 11) is 0. The minimum atomic E-state index is 0.754. The molecule has 0 bridgehead atoms. The highest BCUT2D eigenvalue weighted by molar-refractivity contribution is 5.00. The van der Waals surface area contributed by atoms with Gasteiger partial charge in [0.25, 0.3) is 0 Å². The summed E-state index contributed by atoms with van der Waals surface area (Å²) in [5.74, 6) is 0. The lowest BCUT2D eigenvalue weighted by Gasteiger charge is -1.99. The predicted octanol–water partition coefficient (Wildman–Crippen LogP) is 1.06. The average molecular weight is 150 g/mol. The lowest BCUT2D eigenvalue weighted by atomic mass is 10.4. The molecule has 0 amide bonds. The van der Waals surface area contributed by atoms with E-state index in [-0.39, 0.29) is 0 Å². The van der Waals surface area contributed by atoms with Crippen molar-refractivity contribution in [2.45, 2.75) is 20.4 Å². The van der Waals surface area contributed by atoms with Crippen LogP contribution in [0.15, 0.2) is 12.4 Å². The van der Waals surface area contributed by atoms with Gasteiger partial charge in [0.1, 0.15) is 0 Å². The fourth-order valence-electron chi connectivity index (χ4n) is 0.717. The standard InChI is InChI=1S/C8H12N3/c1-3-9-5-8-6-10-7(2)4-11-8/h3-4,6,9H,5H2,1-2H3. The molecular formula is C8H12N3. The van der Waals surface area contributed by atoms with Crippen LogP contribution in [0, 0.1) is 13.5 Å². The molecule has 0 atom stereocenters. The molecule has 1 aromatic rings. The first-order valence-electron chi connectivity index (χ1n) is 3.61. The zero-order valence-electron chi connectivity index (χ0n) is 6.83. The second-order valence-corrected chi connectivity index (χ2v) is 2.32. The number of hydrogen-bond acceptors (Lipinski definition) is 3. The molecule has 0 saturated heterocycles. The van der Waals surface area contributed by atoms with Crippen molar-refractivity contribution in [3.63, 3.8) is 0 Å². The smallest absolute Gasteiger partial charge is 0.0724 e. The van der Waals surface area contributed by atoms with Crippen molar-refractivity contribution < 1.29 is 0 Å². The van der Waals surface area contributed by atoms with Gasteiger partial charge in [-0.05, 0) is 13.8 Å². The SMILES string of the molecule is C[CH]NCc1cnc(C)cn1. The Labute approximate surface area is 66.9 Å². The maximum atomic E-state index is 4.17. The highest BCUT2D eigenvalue weighted by atomic mass is 14.9. The zero-order chi connectivity index (χ0) is 8.10. The second-order valence-electron chi connectivity index (χ2n) is 2.32. The van der Waals surface area contributed by atoms with Gasteiger partial charge in [0, 0.05) is 25.5 Å². The van der Waals surface area contributed by atoms with Gasteiger partial charge < -0.3 is 5.32 Å². The van der Waals surface area contributed by atoms with Gasteiger partial charge in [-0.15, -0.1) is 0 Å². The van der Waals surface area contributed by atoms with Crippen molar-refractivity contribution in [1.29, 1.82) is 0 Å². The molecule has 0 aliphatic heterocycles. The molecule has 1 radical (unpaired) electrons. The minimum Gasteiger partial charge on any atom is -0.307 e. The van der Waals surface area contributed by atoms with E-state index in [2.05, 4.69) is 15.3 Å². The van der Waals surface area contributed by atoms with Crippen molar-refractivity contribution in [3.05, 3.63) is 30.3 Å². The summed E-state index contributed by atoms with van der Waals surface area (Å²) in [4.78, 5) is 8.29. The minimum absolute atomic E-state index is 0.754. The maximum Gasteiger partial charge on any atom is 0.0724 e. The molecule has 11 heavy (non-hydrogen) atoms. The van der Waals surface area contributed by atoms with Gasteiger partial charge in [0.15, 0.2) is 0 Å². The molecule has 1 N–H and O–H groups in total. The fraction of sp³-hybridized carbons (Fsp3) is 0.375. The second kappa shape index (κ2) is 4.03. The van der Waals surface area contributed by atoms with Crippen molar-refractivity contribution >= 4 is 0 Å². The quantitative estimate of drug-likeness (QED) is 0.700. The largest absolute Gasteiger partial charge is 0.307 e. The average Bonchev–Trinajstić information content (AvgIpc) is 2.04. The summed E-state index contributed by atoms with van der Waals surface area (Å²) in [5, 5.41) is 3.06. The summed E-state index contributed by atoms with van der Waals surface area (Å²) in [5.41, 5.74) is 1.92. The molecule has 0 aliphatic rings. The molecule has 1 heterocycles. The normalized spacial score (nSPS) is 10.0. The van der Waals surface area contributed by atoms with E-state index in [4.69, 9.17) is 0 Å². The molecular weight excluding hydrogens is 138 g/mol. The third kappa shape index (κ3) is 2.63. The van der Waals surface area contributed by atoms with Crippen molar-refractivity contribution in [2.75, 3.05) is 0 Å². The van der Waals surface area contributed by atoms with E-state index in [0.717, 1.165) is 17.9 Å². The van der Waals surface area contributed by atoms with Crippen LogP contribution >= 0.6 is 0 Å². The van der Waals surface area contributed by atoms with E-state index < -0.39 is 0 Å². The number of nitrogens with zero attached hydrogens (tertiary/aromatic N) is 2. The van der Waals surface area contributed by atoms with Crippen LogP contribution in [-0.2, 0) is 6.54 Å². The summed E-state index contributed by atoms with van der Waals surface area (Å²) in [6.07, 6.45) is 3.55. The number of hydrogen-bond donors (Lipinski definition) is 1. The van der Waals surface area contributed by atoms with Gasteiger partial charge in [0.05, 0.1) is 11.4 Å². The lowest BCUT2D eigenvalue weighted by molar-refractivity contribution is 0.772. The van der Waals surface area contributed by atoms with E-state index in [0.29, 0.717) is 0 Å². The van der Waals surface area contributed by atoms with Crippen molar-refractivity contribution in [3.8, 4) is 0 Å². The molecule has 0 aromatic carbocycles. The van der Waals surface area contributed by atoms with Crippen LogP contribution in [0.5, 0.6) is 0 Å². The van der Waals surface area contributed by atoms with Crippen LogP contribution in [0.1, 0.15) is 18.3 Å². The van der Waals surface area contributed by atoms with Crippen molar-refractivity contribution in [1.82, 2.24) is 15.3 Å². The Hall–Kier alpha value is -0.960. The first kappa shape index (κ1) is 8.14. The zero-order valence-corrected chi connectivity index (χ0v) is 6.83. The van der Waals surface area contributed by atoms with Crippen LogP contribution in [0.25, 0.3) is 0 Å². The number of nitrogens with one attached hydrogen (secondary N) is 1. The van der Waals surface area contributed by atoms with E-state index in [1.165, 1.54) is 0 Å². The van der Waals surface area contributed by atoms with Gasteiger partial charge in [-0.25, -0.2) is 0 Å². The predicted molar refractivity (Wildman–Crippen MR) is 43.6 cm³/mol. The number of aryl methyl sites for hydroxylation is 1. The Morgan fingerprint density at radius 2 is 2.27 bits per heavy atom. The first-order chi connectivity index (χ1) is 5.33. The first-order valence-corrected chi connectivity index (χ1v) is 3.61. The van der Waals surface area contributed by atoms with Crippen molar-refractivity contribution in [2.24, 2.45) is 0 Å². The summed E-state index contributed by atoms with van der Waals surface area (Å²) >= 11 is 0. The summed E-state index contributed by atoms with van der Waals surface area (Å²) in [6, 6.07) is 0. The highest BCUT2D eigenvalue weighted by Gasteiger charge is 1.91. The molecule has 1 aromatic heterocycles. The van der Waals surface area contributed by atoms with E-state index in [9.17, 15) is 0 Å². The molecule has 0 saturated carbocycles. The summed E-state index contributed by atoms with van der Waals surface area (Å²) in [6.45, 7) is 6.52. The number of rotatable bonds is 3. The van der Waals surface area contributed by atoms with Crippen LogP contribution in [0.4, 0.5) is 0 Å². The third-order valence-corrected chi connectivity index (χ3v) is 1.32. The molecule has 59 valence electrons. The maximum absolute atomic E-state index is 4.17. The van der Waals surface area contributed by atoms with Gasteiger partial charge in [-0.3, -0.25) is 9.97 Å². The van der Waals surface area contributed by atoms with Crippen LogP contribution in [0.2, 0.25) is 0 Å². The van der Waals surface area contributed by atoms with E-state index >= 15 is 0 Å².